The molecule has 1 heterocycles. The molecule has 2 aromatic rings. The molecule has 4 heteroatoms. The Morgan fingerprint density at radius 3 is 2.78 bits per heavy atom. The van der Waals surface area contributed by atoms with Gasteiger partial charge in [0.25, 0.3) is 0 Å². The molecule has 0 bridgehead atoms. The summed E-state index contributed by atoms with van der Waals surface area (Å²) in [6.45, 7) is 4.97. The summed E-state index contributed by atoms with van der Waals surface area (Å²) < 4.78 is 1.81. The van der Waals surface area contributed by atoms with Gasteiger partial charge in [-0.05, 0) is 30.7 Å². The first-order chi connectivity index (χ1) is 8.63. The van der Waals surface area contributed by atoms with Gasteiger partial charge in [0.1, 0.15) is 0 Å². The zero-order valence-electron chi connectivity index (χ0n) is 10.9. The number of aromatic nitrogens is 2. The van der Waals surface area contributed by atoms with Crippen molar-refractivity contribution in [2.75, 3.05) is 6.54 Å². The van der Waals surface area contributed by atoms with E-state index in [4.69, 9.17) is 11.6 Å². The second-order valence-corrected chi connectivity index (χ2v) is 4.76. The molecule has 1 atom stereocenters. The Kier molecular flexibility index (Phi) is 4.04. The van der Waals surface area contributed by atoms with Crippen LogP contribution < -0.4 is 5.32 Å². The summed E-state index contributed by atoms with van der Waals surface area (Å²) in [6, 6.07) is 8.17. The van der Waals surface area contributed by atoms with Crippen molar-refractivity contribution in [3.8, 4) is 0 Å². The third kappa shape index (κ3) is 2.57. The van der Waals surface area contributed by atoms with Gasteiger partial charge in [0.15, 0.2) is 0 Å². The molecule has 0 radical (unpaired) electrons. The van der Waals surface area contributed by atoms with Crippen LogP contribution in [0.2, 0.25) is 5.02 Å². The molecule has 0 fully saturated rings. The lowest BCUT2D eigenvalue weighted by atomic mass is 10.0. The molecule has 0 spiro atoms. The van der Waals surface area contributed by atoms with E-state index in [9.17, 15) is 0 Å². The van der Waals surface area contributed by atoms with Gasteiger partial charge in [0.2, 0.25) is 0 Å². The van der Waals surface area contributed by atoms with Crippen molar-refractivity contribution in [2.45, 2.75) is 19.9 Å². The predicted octanol–water partition coefficient (Wildman–Crippen LogP) is 3.08. The van der Waals surface area contributed by atoms with Gasteiger partial charge in [-0.1, -0.05) is 36.7 Å². The summed E-state index contributed by atoms with van der Waals surface area (Å²) in [5.41, 5.74) is 3.16. The molecule has 1 N–H and O–H groups in total. The van der Waals surface area contributed by atoms with Crippen LogP contribution in [0.15, 0.2) is 30.5 Å². The van der Waals surface area contributed by atoms with Crippen LogP contribution in [0.4, 0.5) is 0 Å². The van der Waals surface area contributed by atoms with E-state index in [1.807, 2.05) is 43.0 Å². The highest BCUT2D eigenvalue weighted by atomic mass is 35.5. The average molecular weight is 264 g/mol. The molecule has 3 nitrogen and oxygen atoms in total. The fraction of sp³-hybridized carbons (Fsp3) is 0.357. The quantitative estimate of drug-likeness (QED) is 0.919. The fourth-order valence-corrected chi connectivity index (χ4v) is 2.29. The van der Waals surface area contributed by atoms with Crippen LogP contribution in [0.3, 0.4) is 0 Å². The molecule has 0 aliphatic carbocycles. The van der Waals surface area contributed by atoms with E-state index < -0.39 is 0 Å². The summed E-state index contributed by atoms with van der Waals surface area (Å²) in [4.78, 5) is 0. The molecule has 1 unspecified atom stereocenters. The van der Waals surface area contributed by atoms with Crippen LogP contribution >= 0.6 is 11.6 Å². The summed E-state index contributed by atoms with van der Waals surface area (Å²) in [5.74, 6) is 0. The minimum absolute atomic E-state index is 0.0450. The molecule has 0 aliphatic heterocycles. The van der Waals surface area contributed by atoms with Gasteiger partial charge in [0, 0.05) is 18.3 Å². The zero-order chi connectivity index (χ0) is 13.1. The standard InChI is InChI=1S/C14H18ClN3/c1-4-16-14(12-8-9-18(3)17-12)11-7-5-6-10(2)13(11)15/h5-9,14,16H,4H2,1-3H3. The van der Waals surface area contributed by atoms with E-state index in [0.717, 1.165) is 28.4 Å². The smallest absolute Gasteiger partial charge is 0.0839 e. The number of benzene rings is 1. The van der Waals surface area contributed by atoms with Crippen LogP contribution in [-0.4, -0.2) is 16.3 Å². The van der Waals surface area contributed by atoms with E-state index in [1.165, 1.54) is 0 Å². The fourth-order valence-electron chi connectivity index (χ4n) is 2.06. The SMILES string of the molecule is CCNC(c1ccn(C)n1)c1cccc(C)c1Cl. The van der Waals surface area contributed by atoms with E-state index in [1.54, 1.807) is 0 Å². The van der Waals surface area contributed by atoms with Gasteiger partial charge in [-0.2, -0.15) is 5.10 Å². The molecule has 0 aliphatic rings. The van der Waals surface area contributed by atoms with Crippen molar-refractivity contribution < 1.29 is 0 Å². The van der Waals surface area contributed by atoms with Crippen molar-refractivity contribution in [2.24, 2.45) is 7.05 Å². The molecule has 0 saturated heterocycles. The summed E-state index contributed by atoms with van der Waals surface area (Å²) >= 11 is 6.41. The molecule has 2 rings (SSSR count). The van der Waals surface area contributed by atoms with Gasteiger partial charge < -0.3 is 5.32 Å². The Labute approximate surface area is 113 Å². The number of hydrogen-bond donors (Lipinski definition) is 1. The summed E-state index contributed by atoms with van der Waals surface area (Å²) in [5, 5.41) is 8.72. The molecule has 0 amide bonds. The minimum Gasteiger partial charge on any atom is -0.305 e. The van der Waals surface area contributed by atoms with Gasteiger partial charge >= 0.3 is 0 Å². The second-order valence-electron chi connectivity index (χ2n) is 4.38. The first kappa shape index (κ1) is 13.1. The Balaban J connectivity index is 2.44. The Bertz CT molecular complexity index is 534. The number of nitrogens with one attached hydrogen (secondary N) is 1. The van der Waals surface area contributed by atoms with E-state index in [-0.39, 0.29) is 6.04 Å². The van der Waals surface area contributed by atoms with Crippen molar-refractivity contribution in [3.63, 3.8) is 0 Å². The first-order valence-corrected chi connectivity index (χ1v) is 6.49. The van der Waals surface area contributed by atoms with Crippen LogP contribution in [0.1, 0.15) is 29.8 Å². The second kappa shape index (κ2) is 5.55. The molecule has 1 aromatic heterocycles. The lowest BCUT2D eigenvalue weighted by Gasteiger charge is -2.18. The lowest BCUT2D eigenvalue weighted by Crippen LogP contribution is -2.23. The molecule has 0 saturated carbocycles. The molecular weight excluding hydrogens is 246 g/mol. The van der Waals surface area contributed by atoms with E-state index in [2.05, 4.69) is 23.4 Å². The number of aryl methyl sites for hydroxylation is 2. The van der Waals surface area contributed by atoms with Gasteiger partial charge in [-0.3, -0.25) is 4.68 Å². The predicted molar refractivity (Wildman–Crippen MR) is 74.9 cm³/mol. The monoisotopic (exact) mass is 263 g/mol. The van der Waals surface area contributed by atoms with Crippen molar-refractivity contribution in [1.29, 1.82) is 0 Å². The third-order valence-electron chi connectivity index (χ3n) is 2.97. The topological polar surface area (TPSA) is 29.9 Å². The van der Waals surface area contributed by atoms with Crippen molar-refractivity contribution in [1.82, 2.24) is 15.1 Å². The molecule has 1 aromatic carbocycles. The van der Waals surface area contributed by atoms with Crippen LogP contribution in [0.5, 0.6) is 0 Å². The largest absolute Gasteiger partial charge is 0.305 e. The Morgan fingerprint density at radius 2 is 2.17 bits per heavy atom. The van der Waals surface area contributed by atoms with Gasteiger partial charge in [-0.15, -0.1) is 0 Å². The highest BCUT2D eigenvalue weighted by Crippen LogP contribution is 2.29. The van der Waals surface area contributed by atoms with E-state index >= 15 is 0 Å². The van der Waals surface area contributed by atoms with Crippen LogP contribution in [0.25, 0.3) is 0 Å². The van der Waals surface area contributed by atoms with Crippen molar-refractivity contribution in [3.05, 3.63) is 52.3 Å². The number of nitrogens with zero attached hydrogens (tertiary/aromatic N) is 2. The molecule has 18 heavy (non-hydrogen) atoms. The van der Waals surface area contributed by atoms with Crippen LogP contribution in [-0.2, 0) is 7.05 Å². The van der Waals surface area contributed by atoms with E-state index in [0.29, 0.717) is 0 Å². The van der Waals surface area contributed by atoms with Gasteiger partial charge in [-0.25, -0.2) is 0 Å². The average Bonchev–Trinajstić information content (AvgIpc) is 2.77. The maximum Gasteiger partial charge on any atom is 0.0839 e. The Hall–Kier alpha value is -1.32. The lowest BCUT2D eigenvalue weighted by molar-refractivity contribution is 0.599. The Morgan fingerprint density at radius 1 is 1.39 bits per heavy atom. The highest BCUT2D eigenvalue weighted by Gasteiger charge is 2.18. The number of hydrogen-bond acceptors (Lipinski definition) is 2. The van der Waals surface area contributed by atoms with Crippen LogP contribution in [0, 0.1) is 6.92 Å². The maximum absolute atomic E-state index is 6.41. The summed E-state index contributed by atoms with van der Waals surface area (Å²) in [6.07, 6.45) is 1.95. The normalized spacial score (nSPS) is 12.7. The third-order valence-corrected chi connectivity index (χ3v) is 3.49. The first-order valence-electron chi connectivity index (χ1n) is 6.11. The number of halogens is 1. The zero-order valence-corrected chi connectivity index (χ0v) is 11.7. The van der Waals surface area contributed by atoms with Crippen molar-refractivity contribution >= 4 is 11.6 Å². The minimum atomic E-state index is 0.0450. The molecular formula is C14H18ClN3. The highest BCUT2D eigenvalue weighted by molar-refractivity contribution is 6.32. The maximum atomic E-state index is 6.41. The molecule has 96 valence electrons. The van der Waals surface area contributed by atoms with Gasteiger partial charge in [0.05, 0.1) is 11.7 Å². The number of rotatable bonds is 4. The summed E-state index contributed by atoms with van der Waals surface area (Å²) in [7, 11) is 1.92.